The van der Waals surface area contributed by atoms with Gasteiger partial charge < -0.3 is 0 Å². The van der Waals surface area contributed by atoms with Gasteiger partial charge in [0.05, 0.1) is 17.3 Å². The number of hydrogen-bond acceptors (Lipinski definition) is 2. The summed E-state index contributed by atoms with van der Waals surface area (Å²) in [7, 11) is 1.93. The molecule has 0 aliphatic heterocycles. The molecule has 0 unspecified atom stereocenters. The van der Waals surface area contributed by atoms with E-state index < -0.39 is 0 Å². The number of imidazole rings is 1. The molecule has 0 saturated carbocycles. The van der Waals surface area contributed by atoms with Gasteiger partial charge in [-0.2, -0.15) is 5.10 Å². The van der Waals surface area contributed by atoms with E-state index in [2.05, 4.69) is 44.2 Å². The molecule has 2 aromatic heterocycles. The first-order chi connectivity index (χ1) is 10.1. The van der Waals surface area contributed by atoms with Crippen LogP contribution in [0.15, 0.2) is 18.2 Å². The van der Waals surface area contributed by atoms with Crippen molar-refractivity contribution in [1.29, 1.82) is 0 Å². The summed E-state index contributed by atoms with van der Waals surface area (Å²) in [5.41, 5.74) is 3.88. The van der Waals surface area contributed by atoms with Crippen LogP contribution in [0, 0.1) is 3.57 Å². The first kappa shape index (κ1) is 15.1. The predicted molar refractivity (Wildman–Crippen MR) is 94.5 cm³/mol. The highest BCUT2D eigenvalue weighted by molar-refractivity contribution is 14.1. The fourth-order valence-electron chi connectivity index (χ4n) is 2.47. The third-order valence-corrected chi connectivity index (χ3v) is 4.72. The standard InChI is InChI=1S/C14H13Cl2IN4/c1-3-10-13-14(20(2)19-10)21(12(7-15)18-13)11-5-4-8(16)6-9(11)17/h4-6H,3,7H2,1-2H3. The molecule has 1 aromatic carbocycles. The first-order valence-corrected chi connectivity index (χ1v) is 8.50. The van der Waals surface area contributed by atoms with Crippen LogP contribution < -0.4 is 0 Å². The maximum atomic E-state index is 6.10. The van der Waals surface area contributed by atoms with Crippen LogP contribution >= 0.6 is 45.8 Å². The molecule has 4 nitrogen and oxygen atoms in total. The monoisotopic (exact) mass is 434 g/mol. The SMILES string of the molecule is CCc1nn(C)c2c1nc(CCl)n2-c1ccc(Cl)cc1I. The van der Waals surface area contributed by atoms with Crippen molar-refractivity contribution in [2.45, 2.75) is 19.2 Å². The number of fused-ring (bicyclic) bond motifs is 1. The van der Waals surface area contributed by atoms with Crippen LogP contribution in [0.25, 0.3) is 16.9 Å². The number of rotatable bonds is 3. The van der Waals surface area contributed by atoms with E-state index in [1.807, 2.05) is 29.9 Å². The minimum absolute atomic E-state index is 0.344. The molecule has 0 fully saturated rings. The molecule has 0 spiro atoms. The second-order valence-electron chi connectivity index (χ2n) is 4.69. The Bertz CT molecular complexity index is 822. The fourth-order valence-corrected chi connectivity index (χ4v) is 3.76. The molecule has 3 rings (SSSR count). The zero-order valence-electron chi connectivity index (χ0n) is 11.6. The predicted octanol–water partition coefficient (Wildman–Crippen LogP) is 4.32. The van der Waals surface area contributed by atoms with Gasteiger partial charge in [0.25, 0.3) is 0 Å². The van der Waals surface area contributed by atoms with Crippen LogP contribution in [0.5, 0.6) is 0 Å². The zero-order valence-corrected chi connectivity index (χ0v) is 15.2. The van der Waals surface area contributed by atoms with Crippen molar-refractivity contribution in [2.24, 2.45) is 7.05 Å². The minimum Gasteiger partial charge on any atom is -0.279 e. The summed E-state index contributed by atoms with van der Waals surface area (Å²) in [6.45, 7) is 2.08. The molecule has 0 radical (unpaired) electrons. The molecule has 3 aromatic rings. The van der Waals surface area contributed by atoms with Gasteiger partial charge in [0, 0.05) is 15.6 Å². The highest BCUT2D eigenvalue weighted by Gasteiger charge is 2.20. The van der Waals surface area contributed by atoms with E-state index >= 15 is 0 Å². The Kier molecular flexibility index (Phi) is 4.16. The summed E-state index contributed by atoms with van der Waals surface area (Å²) in [5, 5.41) is 5.25. The van der Waals surface area contributed by atoms with E-state index in [1.54, 1.807) is 0 Å². The highest BCUT2D eigenvalue weighted by atomic mass is 127. The maximum absolute atomic E-state index is 6.10. The van der Waals surface area contributed by atoms with Gasteiger partial charge in [-0.15, -0.1) is 11.6 Å². The van der Waals surface area contributed by atoms with Gasteiger partial charge in [0.15, 0.2) is 5.65 Å². The van der Waals surface area contributed by atoms with Gasteiger partial charge >= 0.3 is 0 Å². The van der Waals surface area contributed by atoms with Crippen LogP contribution in [0.4, 0.5) is 0 Å². The van der Waals surface area contributed by atoms with Gasteiger partial charge in [-0.25, -0.2) is 9.67 Å². The Balaban J connectivity index is 2.37. The van der Waals surface area contributed by atoms with Crippen LogP contribution in [-0.2, 0) is 19.3 Å². The number of alkyl halides is 1. The van der Waals surface area contributed by atoms with Crippen molar-refractivity contribution in [3.8, 4) is 5.69 Å². The fraction of sp³-hybridized carbons (Fsp3) is 0.286. The lowest BCUT2D eigenvalue weighted by molar-refractivity contribution is 0.744. The molecule has 0 N–H and O–H groups in total. The van der Waals surface area contributed by atoms with Crippen molar-refractivity contribution in [2.75, 3.05) is 0 Å². The van der Waals surface area contributed by atoms with Gasteiger partial charge in [0.1, 0.15) is 11.3 Å². The van der Waals surface area contributed by atoms with E-state index in [0.717, 1.165) is 38.4 Å². The smallest absolute Gasteiger partial charge is 0.163 e. The molecule has 0 aliphatic rings. The van der Waals surface area contributed by atoms with Crippen LogP contribution in [0.3, 0.4) is 0 Å². The highest BCUT2D eigenvalue weighted by Crippen LogP contribution is 2.29. The van der Waals surface area contributed by atoms with E-state index in [-0.39, 0.29) is 0 Å². The Labute approximate surface area is 146 Å². The third kappa shape index (κ3) is 2.45. The zero-order chi connectivity index (χ0) is 15.1. The largest absolute Gasteiger partial charge is 0.279 e. The molecule has 2 heterocycles. The molecule has 7 heteroatoms. The molecule has 0 bridgehead atoms. The summed E-state index contributed by atoms with van der Waals surface area (Å²) < 4.78 is 4.97. The number of aryl methyl sites for hydroxylation is 2. The Hall–Kier alpha value is -0.790. The van der Waals surface area contributed by atoms with E-state index in [0.29, 0.717) is 10.9 Å². The van der Waals surface area contributed by atoms with Crippen molar-refractivity contribution >= 4 is 57.0 Å². The molecule has 0 saturated heterocycles. The number of hydrogen-bond donors (Lipinski definition) is 0. The summed E-state index contributed by atoms with van der Waals surface area (Å²) >= 11 is 14.4. The minimum atomic E-state index is 0.344. The average Bonchev–Trinajstić information content (AvgIpc) is 2.97. The van der Waals surface area contributed by atoms with Crippen LogP contribution in [0.1, 0.15) is 18.4 Å². The molecule has 0 atom stereocenters. The third-order valence-electron chi connectivity index (χ3n) is 3.38. The molecular weight excluding hydrogens is 422 g/mol. The molecule has 0 aliphatic carbocycles. The normalized spacial score (nSPS) is 11.5. The van der Waals surface area contributed by atoms with E-state index in [4.69, 9.17) is 23.2 Å². The summed E-state index contributed by atoms with van der Waals surface area (Å²) in [4.78, 5) is 4.67. The maximum Gasteiger partial charge on any atom is 0.163 e. The quantitative estimate of drug-likeness (QED) is 0.454. The second-order valence-corrected chi connectivity index (χ2v) is 6.55. The Morgan fingerprint density at radius 1 is 1.33 bits per heavy atom. The molecular formula is C14H13Cl2IN4. The number of aromatic nitrogens is 4. The Morgan fingerprint density at radius 2 is 2.10 bits per heavy atom. The van der Waals surface area contributed by atoms with Crippen molar-refractivity contribution in [3.05, 3.63) is 38.3 Å². The van der Waals surface area contributed by atoms with Crippen LogP contribution in [-0.4, -0.2) is 19.3 Å². The lowest BCUT2D eigenvalue weighted by atomic mass is 10.3. The number of halogens is 3. The van der Waals surface area contributed by atoms with E-state index in [9.17, 15) is 0 Å². The summed E-state index contributed by atoms with van der Waals surface area (Å²) in [6, 6.07) is 5.79. The topological polar surface area (TPSA) is 35.6 Å². The molecule has 110 valence electrons. The van der Waals surface area contributed by atoms with Crippen molar-refractivity contribution in [1.82, 2.24) is 19.3 Å². The Morgan fingerprint density at radius 3 is 2.71 bits per heavy atom. The van der Waals surface area contributed by atoms with E-state index in [1.165, 1.54) is 0 Å². The van der Waals surface area contributed by atoms with Gasteiger partial charge in [-0.1, -0.05) is 18.5 Å². The van der Waals surface area contributed by atoms with Gasteiger partial charge in [0.2, 0.25) is 0 Å². The second kappa shape index (κ2) is 5.78. The average molecular weight is 435 g/mol. The van der Waals surface area contributed by atoms with Crippen molar-refractivity contribution in [3.63, 3.8) is 0 Å². The molecule has 21 heavy (non-hydrogen) atoms. The van der Waals surface area contributed by atoms with Gasteiger partial charge in [-0.3, -0.25) is 4.57 Å². The lowest BCUT2D eigenvalue weighted by Gasteiger charge is -2.10. The van der Waals surface area contributed by atoms with Crippen LogP contribution in [0.2, 0.25) is 5.02 Å². The molecule has 0 amide bonds. The number of nitrogens with zero attached hydrogens (tertiary/aromatic N) is 4. The summed E-state index contributed by atoms with van der Waals surface area (Å²) in [5.74, 6) is 1.16. The lowest BCUT2D eigenvalue weighted by Crippen LogP contribution is -2.06. The number of benzene rings is 1. The van der Waals surface area contributed by atoms with Crippen molar-refractivity contribution < 1.29 is 0 Å². The summed E-state index contributed by atoms with van der Waals surface area (Å²) in [6.07, 6.45) is 0.841. The van der Waals surface area contributed by atoms with Gasteiger partial charge in [-0.05, 0) is 47.2 Å². The first-order valence-electron chi connectivity index (χ1n) is 6.51.